The monoisotopic (exact) mass is 647 g/mol. The van der Waals surface area contributed by atoms with Crippen molar-refractivity contribution in [2.24, 2.45) is 5.92 Å². The highest BCUT2D eigenvalue weighted by molar-refractivity contribution is 5.86. The SMILES string of the molecule is COc1ccc(CCNC(=O)[C@@H](Nc2ccc3c(cc2=O)[C@@H](NC(C)=O)CCc2cc(OC)c(OC)c(OC)c2-3)C(C)C)cc1OC. The molecule has 4 rings (SSSR count). The second-order valence-electron chi connectivity index (χ2n) is 11.7. The Hall–Kier alpha value is -4.93. The van der Waals surface area contributed by atoms with E-state index in [1.807, 2.05) is 44.2 Å². The summed E-state index contributed by atoms with van der Waals surface area (Å²) in [6, 6.07) is 11.5. The minimum Gasteiger partial charge on any atom is -0.493 e. The van der Waals surface area contributed by atoms with Crippen LogP contribution in [-0.4, -0.2) is 59.9 Å². The van der Waals surface area contributed by atoms with Gasteiger partial charge in [-0.15, -0.1) is 0 Å². The summed E-state index contributed by atoms with van der Waals surface area (Å²) in [5.74, 6) is 2.09. The summed E-state index contributed by atoms with van der Waals surface area (Å²) in [5.41, 5.74) is 3.96. The maximum atomic E-state index is 13.8. The molecule has 252 valence electrons. The van der Waals surface area contributed by atoms with Gasteiger partial charge in [0.1, 0.15) is 6.04 Å². The van der Waals surface area contributed by atoms with E-state index < -0.39 is 12.1 Å². The number of benzene rings is 2. The lowest BCUT2D eigenvalue weighted by Crippen LogP contribution is -2.44. The molecule has 2 atom stereocenters. The Labute approximate surface area is 275 Å². The number of aryl methyl sites for hydroxylation is 1. The van der Waals surface area contributed by atoms with Gasteiger partial charge in [0.05, 0.1) is 47.3 Å². The Kier molecular flexibility index (Phi) is 11.6. The van der Waals surface area contributed by atoms with Gasteiger partial charge >= 0.3 is 0 Å². The van der Waals surface area contributed by atoms with E-state index in [2.05, 4.69) is 16.0 Å². The van der Waals surface area contributed by atoms with Gasteiger partial charge in [-0.05, 0) is 77.8 Å². The third kappa shape index (κ3) is 7.73. The van der Waals surface area contributed by atoms with E-state index in [0.717, 1.165) is 16.7 Å². The lowest BCUT2D eigenvalue weighted by Gasteiger charge is -2.22. The number of carbonyl (C=O) groups excluding carboxylic acids is 2. The van der Waals surface area contributed by atoms with Crippen molar-refractivity contribution in [3.8, 4) is 39.9 Å². The van der Waals surface area contributed by atoms with Crippen LogP contribution in [-0.2, 0) is 22.4 Å². The number of ether oxygens (including phenoxy) is 5. The fourth-order valence-electron chi connectivity index (χ4n) is 6.01. The van der Waals surface area contributed by atoms with E-state index in [1.165, 1.54) is 20.1 Å². The van der Waals surface area contributed by atoms with E-state index in [0.29, 0.717) is 65.7 Å². The summed E-state index contributed by atoms with van der Waals surface area (Å²) in [4.78, 5) is 39.5. The number of anilines is 1. The van der Waals surface area contributed by atoms with Crippen molar-refractivity contribution < 1.29 is 33.3 Å². The number of methoxy groups -OCH3 is 5. The summed E-state index contributed by atoms with van der Waals surface area (Å²) >= 11 is 0. The number of hydrogen-bond donors (Lipinski definition) is 3. The maximum absolute atomic E-state index is 13.8. The molecule has 3 aromatic carbocycles. The molecule has 2 amide bonds. The third-order valence-corrected chi connectivity index (χ3v) is 8.34. The first-order valence-electron chi connectivity index (χ1n) is 15.6. The van der Waals surface area contributed by atoms with E-state index in [4.69, 9.17) is 23.7 Å². The van der Waals surface area contributed by atoms with Gasteiger partial charge in [-0.25, -0.2) is 0 Å². The minimum atomic E-state index is -0.687. The predicted molar refractivity (Wildman–Crippen MR) is 181 cm³/mol. The molecule has 0 heterocycles. The largest absolute Gasteiger partial charge is 0.493 e. The lowest BCUT2D eigenvalue weighted by molar-refractivity contribution is -0.122. The van der Waals surface area contributed by atoms with Crippen molar-refractivity contribution in [3.63, 3.8) is 0 Å². The Bertz CT molecular complexity index is 1670. The summed E-state index contributed by atoms with van der Waals surface area (Å²) in [6.07, 6.45) is 1.71. The van der Waals surface area contributed by atoms with Crippen LogP contribution in [0.4, 0.5) is 5.69 Å². The zero-order chi connectivity index (χ0) is 34.2. The molecule has 1 aliphatic rings. The molecule has 0 spiro atoms. The Morgan fingerprint density at radius 1 is 0.851 bits per heavy atom. The van der Waals surface area contributed by atoms with Crippen LogP contribution in [0.25, 0.3) is 11.1 Å². The van der Waals surface area contributed by atoms with Crippen molar-refractivity contribution in [3.05, 3.63) is 69.4 Å². The van der Waals surface area contributed by atoms with Crippen molar-refractivity contribution in [1.29, 1.82) is 0 Å². The quantitative estimate of drug-likeness (QED) is 0.242. The summed E-state index contributed by atoms with van der Waals surface area (Å²) in [7, 11) is 7.82. The third-order valence-electron chi connectivity index (χ3n) is 8.34. The number of fused-ring (bicyclic) bond motifs is 3. The van der Waals surface area contributed by atoms with Gasteiger partial charge in [0.15, 0.2) is 23.0 Å². The van der Waals surface area contributed by atoms with E-state index in [-0.39, 0.29) is 28.8 Å². The molecular formula is C36H45N3O8. The maximum Gasteiger partial charge on any atom is 0.242 e. The highest BCUT2D eigenvalue weighted by Crippen LogP contribution is 2.50. The zero-order valence-corrected chi connectivity index (χ0v) is 28.4. The summed E-state index contributed by atoms with van der Waals surface area (Å²) in [6.45, 7) is 5.68. The molecule has 0 radical (unpaired) electrons. The molecule has 0 aromatic heterocycles. The van der Waals surface area contributed by atoms with Gasteiger partial charge < -0.3 is 39.6 Å². The van der Waals surface area contributed by atoms with Crippen LogP contribution in [0.5, 0.6) is 28.7 Å². The van der Waals surface area contributed by atoms with Crippen LogP contribution in [0.1, 0.15) is 49.9 Å². The number of carbonyl (C=O) groups is 2. The van der Waals surface area contributed by atoms with Crippen LogP contribution < -0.4 is 45.1 Å². The first-order valence-corrected chi connectivity index (χ1v) is 15.6. The van der Waals surface area contributed by atoms with Crippen LogP contribution in [0.3, 0.4) is 0 Å². The molecule has 11 nitrogen and oxygen atoms in total. The minimum absolute atomic E-state index is 0.136. The molecule has 0 saturated carbocycles. The first kappa shape index (κ1) is 34.9. The smallest absolute Gasteiger partial charge is 0.242 e. The van der Waals surface area contributed by atoms with E-state index in [1.54, 1.807) is 34.5 Å². The molecular weight excluding hydrogens is 602 g/mol. The molecule has 47 heavy (non-hydrogen) atoms. The number of hydrogen-bond acceptors (Lipinski definition) is 9. The first-order chi connectivity index (χ1) is 22.6. The standard InChI is InChI=1S/C36H45N3O8/c1-20(2)33(36(42)37-16-15-22-9-14-29(43-4)30(17-22)44-5)39-27-13-11-24-25(19-28(27)41)26(38-21(3)40)12-10-23-18-31(45-6)34(46-7)35(47-8)32(23)24/h9,11,13-14,17-20,26,33H,10,12,15-16H2,1-8H3,(H,37,42)(H,38,40)(H,39,41)/t26-,33-/m0/s1. The number of nitrogens with one attached hydrogen (secondary N) is 3. The van der Waals surface area contributed by atoms with Gasteiger partial charge in [-0.1, -0.05) is 26.0 Å². The van der Waals surface area contributed by atoms with Crippen LogP contribution in [0, 0.1) is 5.92 Å². The highest BCUT2D eigenvalue weighted by Gasteiger charge is 2.30. The lowest BCUT2D eigenvalue weighted by atomic mass is 9.95. The molecule has 0 unspecified atom stereocenters. The fourth-order valence-corrected chi connectivity index (χ4v) is 6.01. The summed E-state index contributed by atoms with van der Waals surface area (Å²) < 4.78 is 27.8. The molecule has 11 heteroatoms. The van der Waals surface area contributed by atoms with Crippen LogP contribution in [0.15, 0.2) is 47.3 Å². The number of rotatable bonds is 13. The molecule has 0 aliphatic heterocycles. The van der Waals surface area contributed by atoms with Crippen molar-refractivity contribution in [2.75, 3.05) is 47.4 Å². The Morgan fingerprint density at radius 2 is 1.55 bits per heavy atom. The molecule has 3 N–H and O–H groups in total. The molecule has 0 bridgehead atoms. The van der Waals surface area contributed by atoms with Crippen LogP contribution >= 0.6 is 0 Å². The zero-order valence-electron chi connectivity index (χ0n) is 28.4. The molecule has 0 fully saturated rings. The van der Waals surface area contributed by atoms with Crippen molar-refractivity contribution in [1.82, 2.24) is 10.6 Å². The van der Waals surface area contributed by atoms with Crippen LogP contribution in [0.2, 0.25) is 0 Å². The second-order valence-corrected chi connectivity index (χ2v) is 11.7. The van der Waals surface area contributed by atoms with Gasteiger partial charge in [-0.3, -0.25) is 14.4 Å². The molecule has 1 aliphatic carbocycles. The van der Waals surface area contributed by atoms with E-state index in [9.17, 15) is 14.4 Å². The van der Waals surface area contributed by atoms with Gasteiger partial charge in [-0.2, -0.15) is 0 Å². The van der Waals surface area contributed by atoms with Gasteiger partial charge in [0, 0.05) is 19.0 Å². The highest BCUT2D eigenvalue weighted by atomic mass is 16.5. The number of amides is 2. The van der Waals surface area contributed by atoms with Gasteiger partial charge in [0.25, 0.3) is 0 Å². The molecule has 0 saturated heterocycles. The normalized spacial score (nSPS) is 14.1. The van der Waals surface area contributed by atoms with Crippen molar-refractivity contribution >= 4 is 17.5 Å². The Balaban J connectivity index is 1.69. The van der Waals surface area contributed by atoms with Crippen molar-refractivity contribution in [2.45, 2.75) is 52.1 Å². The Morgan fingerprint density at radius 3 is 2.17 bits per heavy atom. The second kappa shape index (κ2) is 15.6. The van der Waals surface area contributed by atoms with E-state index >= 15 is 0 Å². The fraction of sp³-hybridized carbons (Fsp3) is 0.417. The average Bonchev–Trinajstić information content (AvgIpc) is 3.30. The summed E-state index contributed by atoms with van der Waals surface area (Å²) in [5, 5.41) is 9.23. The topological polar surface area (TPSA) is 133 Å². The molecule has 3 aromatic rings. The predicted octanol–water partition coefficient (Wildman–Crippen LogP) is 4.68. The van der Waals surface area contributed by atoms with Gasteiger partial charge in [0.2, 0.25) is 23.0 Å². The average molecular weight is 648 g/mol.